The molecule has 152 valence electrons. The number of hydrogen-bond acceptors (Lipinski definition) is 4. The summed E-state index contributed by atoms with van der Waals surface area (Å²) in [6.45, 7) is 6.70. The number of rotatable bonds is 6. The van der Waals surface area contributed by atoms with Crippen LogP contribution in [0.25, 0.3) is 0 Å². The first kappa shape index (κ1) is 22.3. The van der Waals surface area contributed by atoms with E-state index in [1.807, 2.05) is 50.4 Å². The highest BCUT2D eigenvalue weighted by Gasteiger charge is 2.12. The van der Waals surface area contributed by atoms with Crippen molar-refractivity contribution in [2.45, 2.75) is 45.8 Å². The molecule has 1 aromatic heterocycles. The topological polar surface area (TPSA) is 75.8 Å². The highest BCUT2D eigenvalue weighted by atomic mass is 127. The second-order valence-electron chi connectivity index (χ2n) is 7.09. The van der Waals surface area contributed by atoms with Gasteiger partial charge >= 0.3 is 0 Å². The molecule has 28 heavy (non-hydrogen) atoms. The van der Waals surface area contributed by atoms with Crippen LogP contribution in [-0.2, 0) is 6.54 Å². The van der Waals surface area contributed by atoms with Gasteiger partial charge in [-0.05, 0) is 75.1 Å². The summed E-state index contributed by atoms with van der Waals surface area (Å²) in [5.41, 5.74) is 8.03. The van der Waals surface area contributed by atoms with E-state index in [1.165, 1.54) is 19.3 Å². The molecule has 1 aromatic carbocycles. The molecule has 6 nitrogen and oxygen atoms in total. The Kier molecular flexibility index (Phi) is 8.82. The van der Waals surface area contributed by atoms with Crippen LogP contribution in [0.4, 0.5) is 11.5 Å². The van der Waals surface area contributed by atoms with Crippen LogP contribution in [0.3, 0.4) is 0 Å². The lowest BCUT2D eigenvalue weighted by atomic mass is 10.1. The zero-order valence-electron chi connectivity index (χ0n) is 16.6. The normalized spacial score (nSPS) is 14.5. The number of benzene rings is 1. The van der Waals surface area contributed by atoms with Gasteiger partial charge in [0.05, 0.1) is 12.6 Å². The number of nitrogens with one attached hydrogen (secondary N) is 1. The van der Waals surface area contributed by atoms with Gasteiger partial charge in [-0.15, -0.1) is 24.0 Å². The van der Waals surface area contributed by atoms with Crippen molar-refractivity contribution in [1.29, 1.82) is 0 Å². The molecule has 0 atom stereocenters. The molecule has 0 bridgehead atoms. The molecule has 0 saturated carbocycles. The fourth-order valence-electron chi connectivity index (χ4n) is 3.11. The Morgan fingerprint density at radius 2 is 1.89 bits per heavy atom. The maximum atomic E-state index is 6.03. The average Bonchev–Trinajstić information content (AvgIpc) is 2.68. The molecular formula is C21H30IN5O. The number of piperidine rings is 1. The van der Waals surface area contributed by atoms with E-state index in [0.717, 1.165) is 35.9 Å². The van der Waals surface area contributed by atoms with Gasteiger partial charge in [0.15, 0.2) is 5.96 Å². The standard InChI is InChI=1S/C21H29N5O.HI/c1-16(2)27-19-8-6-18(7-9-19)25-21(22)24-15-17-10-11-23-20(14-17)26-12-4-3-5-13-26;/h6-11,14,16H,3-5,12-13,15H2,1-2H3,(H3,22,24,25);1H. The summed E-state index contributed by atoms with van der Waals surface area (Å²) in [7, 11) is 0. The fourth-order valence-corrected chi connectivity index (χ4v) is 3.11. The van der Waals surface area contributed by atoms with Gasteiger partial charge in [-0.2, -0.15) is 0 Å². The second kappa shape index (κ2) is 11.1. The summed E-state index contributed by atoms with van der Waals surface area (Å²) in [6.07, 6.45) is 5.80. The Morgan fingerprint density at radius 1 is 1.18 bits per heavy atom. The summed E-state index contributed by atoms with van der Waals surface area (Å²) in [5.74, 6) is 2.27. The van der Waals surface area contributed by atoms with Gasteiger partial charge in [0, 0.05) is 25.0 Å². The third-order valence-electron chi connectivity index (χ3n) is 4.42. The molecule has 3 N–H and O–H groups in total. The van der Waals surface area contributed by atoms with Gasteiger partial charge in [0.2, 0.25) is 0 Å². The average molecular weight is 495 g/mol. The number of nitrogens with two attached hydrogens (primary N) is 1. The van der Waals surface area contributed by atoms with Crippen molar-refractivity contribution < 1.29 is 4.74 Å². The number of hydrogen-bond donors (Lipinski definition) is 2. The van der Waals surface area contributed by atoms with E-state index in [4.69, 9.17) is 10.5 Å². The van der Waals surface area contributed by atoms with Crippen LogP contribution in [0.2, 0.25) is 0 Å². The van der Waals surface area contributed by atoms with Crippen LogP contribution in [0, 0.1) is 0 Å². The molecule has 0 aliphatic carbocycles. The molecule has 1 aliphatic heterocycles. The summed E-state index contributed by atoms with van der Waals surface area (Å²) in [5, 5.41) is 3.12. The maximum absolute atomic E-state index is 6.03. The Hall–Kier alpha value is -2.03. The van der Waals surface area contributed by atoms with Gasteiger partial charge in [-0.3, -0.25) is 0 Å². The first-order valence-corrected chi connectivity index (χ1v) is 9.64. The minimum absolute atomic E-state index is 0. The largest absolute Gasteiger partial charge is 0.491 e. The molecule has 1 aliphatic rings. The highest BCUT2D eigenvalue weighted by Crippen LogP contribution is 2.19. The summed E-state index contributed by atoms with van der Waals surface area (Å²) in [6, 6.07) is 11.8. The van der Waals surface area contributed by atoms with Gasteiger partial charge in [-0.1, -0.05) is 0 Å². The van der Waals surface area contributed by atoms with Crippen molar-refractivity contribution >= 4 is 41.4 Å². The van der Waals surface area contributed by atoms with Crippen molar-refractivity contribution in [3.63, 3.8) is 0 Å². The molecule has 0 spiro atoms. The molecule has 0 unspecified atom stereocenters. The van der Waals surface area contributed by atoms with E-state index >= 15 is 0 Å². The molecule has 0 radical (unpaired) electrons. The Balaban J connectivity index is 0.00000280. The zero-order chi connectivity index (χ0) is 19.1. The van der Waals surface area contributed by atoms with Crippen molar-refractivity contribution in [2.75, 3.05) is 23.3 Å². The highest BCUT2D eigenvalue weighted by molar-refractivity contribution is 14.0. The van der Waals surface area contributed by atoms with Gasteiger partial charge in [-0.25, -0.2) is 9.98 Å². The van der Waals surface area contributed by atoms with Crippen LogP contribution in [0.5, 0.6) is 5.75 Å². The van der Waals surface area contributed by atoms with Crippen LogP contribution < -0.4 is 20.7 Å². The SMILES string of the molecule is CC(C)Oc1ccc(NC(N)=NCc2ccnc(N3CCCCC3)c2)cc1.I. The molecule has 2 heterocycles. The van der Waals surface area contributed by atoms with Crippen LogP contribution in [0.1, 0.15) is 38.7 Å². The van der Waals surface area contributed by atoms with Crippen LogP contribution >= 0.6 is 24.0 Å². The van der Waals surface area contributed by atoms with Gasteiger partial charge in [0.25, 0.3) is 0 Å². The lowest BCUT2D eigenvalue weighted by molar-refractivity contribution is 0.242. The summed E-state index contributed by atoms with van der Waals surface area (Å²) >= 11 is 0. The molecule has 1 saturated heterocycles. The van der Waals surface area contributed by atoms with Crippen LogP contribution in [-0.4, -0.2) is 30.1 Å². The first-order valence-electron chi connectivity index (χ1n) is 9.64. The molecule has 1 fully saturated rings. The molecule has 2 aromatic rings. The summed E-state index contributed by atoms with van der Waals surface area (Å²) in [4.78, 5) is 11.3. The van der Waals surface area contributed by atoms with E-state index < -0.39 is 0 Å². The Morgan fingerprint density at radius 3 is 2.57 bits per heavy atom. The Labute approximate surface area is 184 Å². The van der Waals surface area contributed by atoms with Crippen molar-refractivity contribution in [3.05, 3.63) is 48.2 Å². The number of aromatic nitrogens is 1. The number of pyridine rings is 1. The minimum atomic E-state index is 0. The third-order valence-corrected chi connectivity index (χ3v) is 4.42. The van der Waals surface area contributed by atoms with Crippen molar-refractivity contribution in [2.24, 2.45) is 10.7 Å². The monoisotopic (exact) mass is 495 g/mol. The maximum Gasteiger partial charge on any atom is 0.193 e. The lowest BCUT2D eigenvalue weighted by Crippen LogP contribution is -2.30. The smallest absolute Gasteiger partial charge is 0.193 e. The number of nitrogens with zero attached hydrogens (tertiary/aromatic N) is 3. The predicted octanol–water partition coefficient (Wildman–Crippen LogP) is 4.40. The quantitative estimate of drug-likeness (QED) is 0.353. The van der Waals surface area contributed by atoms with Crippen molar-refractivity contribution in [3.8, 4) is 5.75 Å². The number of anilines is 2. The van der Waals surface area contributed by atoms with Crippen molar-refractivity contribution in [1.82, 2.24) is 4.98 Å². The number of ether oxygens (including phenoxy) is 1. The number of halogens is 1. The molecular weight excluding hydrogens is 465 g/mol. The molecule has 0 amide bonds. The lowest BCUT2D eigenvalue weighted by Gasteiger charge is -2.27. The van der Waals surface area contributed by atoms with E-state index in [2.05, 4.69) is 26.3 Å². The van der Waals surface area contributed by atoms with E-state index in [1.54, 1.807) is 0 Å². The van der Waals surface area contributed by atoms with Gasteiger partial charge in [0.1, 0.15) is 11.6 Å². The number of aliphatic imine (C=N–C) groups is 1. The van der Waals surface area contributed by atoms with Gasteiger partial charge < -0.3 is 20.7 Å². The first-order chi connectivity index (χ1) is 13.1. The predicted molar refractivity (Wildman–Crippen MR) is 127 cm³/mol. The molecule has 7 heteroatoms. The van der Waals surface area contributed by atoms with Crippen LogP contribution in [0.15, 0.2) is 47.6 Å². The van der Waals surface area contributed by atoms with E-state index in [9.17, 15) is 0 Å². The third kappa shape index (κ3) is 6.85. The Bertz CT molecular complexity index is 758. The molecule has 3 rings (SSSR count). The minimum Gasteiger partial charge on any atom is -0.491 e. The zero-order valence-corrected chi connectivity index (χ0v) is 18.9. The van der Waals surface area contributed by atoms with E-state index in [-0.39, 0.29) is 30.1 Å². The second-order valence-corrected chi connectivity index (χ2v) is 7.09. The summed E-state index contributed by atoms with van der Waals surface area (Å²) < 4.78 is 5.64. The fraction of sp³-hybridized carbons (Fsp3) is 0.429. The van der Waals surface area contributed by atoms with E-state index in [0.29, 0.717) is 12.5 Å². The number of guanidine groups is 1.